The van der Waals surface area contributed by atoms with E-state index in [9.17, 15) is 4.79 Å². The van der Waals surface area contributed by atoms with E-state index in [-0.39, 0.29) is 12.5 Å². The maximum Gasteiger partial charge on any atom is 0.258 e. The molecule has 27 heavy (non-hydrogen) atoms. The number of carbonyl (C=O) groups is 1. The Bertz CT molecular complexity index is 905. The fraction of sp³-hybridized carbons (Fsp3) is 0.368. The number of amides is 1. The second kappa shape index (κ2) is 8.13. The van der Waals surface area contributed by atoms with E-state index in [0.717, 1.165) is 36.4 Å². The average Bonchev–Trinajstić information content (AvgIpc) is 3.35. The van der Waals surface area contributed by atoms with Gasteiger partial charge in [-0.2, -0.15) is 5.10 Å². The summed E-state index contributed by atoms with van der Waals surface area (Å²) >= 11 is 0. The summed E-state index contributed by atoms with van der Waals surface area (Å²) in [6, 6.07) is 9.28. The molecule has 1 aromatic carbocycles. The lowest BCUT2D eigenvalue weighted by atomic mass is 10.0. The molecule has 0 saturated carbocycles. The molecule has 0 unspecified atom stereocenters. The minimum atomic E-state index is -0.165. The van der Waals surface area contributed by atoms with Crippen LogP contribution in [0.2, 0.25) is 0 Å². The largest absolute Gasteiger partial charge is 0.484 e. The minimum Gasteiger partial charge on any atom is -0.484 e. The van der Waals surface area contributed by atoms with Crippen molar-refractivity contribution >= 4 is 17.1 Å². The topological polar surface area (TPSA) is 94.0 Å². The molecule has 0 radical (unpaired) electrons. The van der Waals surface area contributed by atoms with Crippen molar-refractivity contribution < 1.29 is 9.53 Å². The van der Waals surface area contributed by atoms with Gasteiger partial charge in [0, 0.05) is 31.4 Å². The lowest BCUT2D eigenvalue weighted by molar-refractivity contribution is -0.123. The van der Waals surface area contributed by atoms with Gasteiger partial charge in [-0.1, -0.05) is 18.2 Å². The molecule has 1 atom stereocenters. The van der Waals surface area contributed by atoms with Gasteiger partial charge in [0.1, 0.15) is 11.3 Å². The number of para-hydroxylation sites is 1. The van der Waals surface area contributed by atoms with Gasteiger partial charge in [0.05, 0.1) is 12.2 Å². The normalized spacial score (nSPS) is 16.5. The molecule has 8 nitrogen and oxygen atoms in total. The van der Waals surface area contributed by atoms with Gasteiger partial charge in [0.2, 0.25) is 0 Å². The zero-order valence-corrected chi connectivity index (χ0v) is 15.0. The molecule has 1 saturated heterocycles. The Labute approximate surface area is 157 Å². The van der Waals surface area contributed by atoms with Crippen LogP contribution < -0.4 is 15.4 Å². The monoisotopic (exact) mass is 366 g/mol. The Morgan fingerprint density at radius 2 is 2.11 bits per heavy atom. The first-order valence-electron chi connectivity index (χ1n) is 9.14. The van der Waals surface area contributed by atoms with Crippen molar-refractivity contribution in [2.24, 2.45) is 0 Å². The summed E-state index contributed by atoms with van der Waals surface area (Å²) in [6.45, 7) is 2.88. The number of aromatic nitrogens is 4. The molecule has 140 valence electrons. The van der Waals surface area contributed by atoms with Crippen molar-refractivity contribution in [2.45, 2.75) is 18.9 Å². The number of benzene rings is 1. The summed E-state index contributed by atoms with van der Waals surface area (Å²) in [7, 11) is 0. The summed E-state index contributed by atoms with van der Waals surface area (Å²) in [5.74, 6) is 0.872. The molecule has 3 aromatic rings. The number of carbonyl (C=O) groups excluding carboxylic acids is 1. The van der Waals surface area contributed by atoms with Crippen molar-refractivity contribution in [3.63, 3.8) is 0 Å². The molecule has 3 heterocycles. The molecular weight excluding hydrogens is 344 g/mol. The summed E-state index contributed by atoms with van der Waals surface area (Å²) in [6.07, 6.45) is 4.42. The van der Waals surface area contributed by atoms with E-state index in [4.69, 9.17) is 9.84 Å². The fourth-order valence-corrected chi connectivity index (χ4v) is 3.26. The smallest absolute Gasteiger partial charge is 0.258 e. The van der Waals surface area contributed by atoms with E-state index in [2.05, 4.69) is 20.6 Å². The predicted octanol–water partition coefficient (Wildman–Crippen LogP) is 1.10. The Morgan fingerprint density at radius 1 is 1.26 bits per heavy atom. The van der Waals surface area contributed by atoms with Crippen LogP contribution in [0.25, 0.3) is 11.2 Å². The van der Waals surface area contributed by atoms with Crippen molar-refractivity contribution in [2.75, 3.05) is 26.2 Å². The van der Waals surface area contributed by atoms with Gasteiger partial charge in [-0.3, -0.25) is 4.79 Å². The van der Waals surface area contributed by atoms with Crippen LogP contribution in [0.4, 0.5) is 0 Å². The van der Waals surface area contributed by atoms with Gasteiger partial charge >= 0.3 is 0 Å². The molecule has 1 aliphatic rings. The standard InChI is InChI=1S/C19H22N6O2/c26-16(13-27-15-4-2-1-3-5-15)21-10-11-25-19-18(22-8-9-23-19)17(24-25)14-6-7-20-12-14/h1-5,8-9,14,20H,6-7,10-13H2,(H,21,26)/t14-/m1/s1. The molecule has 0 bridgehead atoms. The average molecular weight is 366 g/mol. The summed E-state index contributed by atoms with van der Waals surface area (Å²) in [4.78, 5) is 20.9. The van der Waals surface area contributed by atoms with E-state index < -0.39 is 0 Å². The number of hydrogen-bond donors (Lipinski definition) is 2. The van der Waals surface area contributed by atoms with E-state index in [0.29, 0.717) is 24.8 Å². The Balaban J connectivity index is 1.35. The summed E-state index contributed by atoms with van der Waals surface area (Å²) in [5, 5.41) is 11.0. The van der Waals surface area contributed by atoms with Crippen LogP contribution in [0.15, 0.2) is 42.7 Å². The molecule has 0 aliphatic carbocycles. The molecule has 1 fully saturated rings. The maximum atomic E-state index is 12.0. The maximum absolute atomic E-state index is 12.0. The molecular formula is C19H22N6O2. The second-order valence-electron chi connectivity index (χ2n) is 6.48. The van der Waals surface area contributed by atoms with Gasteiger partial charge < -0.3 is 15.4 Å². The molecule has 1 aliphatic heterocycles. The number of ether oxygens (including phenoxy) is 1. The highest BCUT2D eigenvalue weighted by molar-refractivity contribution is 5.77. The fourth-order valence-electron chi connectivity index (χ4n) is 3.26. The highest BCUT2D eigenvalue weighted by Gasteiger charge is 2.24. The Morgan fingerprint density at radius 3 is 2.93 bits per heavy atom. The van der Waals surface area contributed by atoms with Crippen molar-refractivity contribution in [3.8, 4) is 5.75 Å². The number of fused-ring (bicyclic) bond motifs is 1. The van der Waals surface area contributed by atoms with E-state index in [1.54, 1.807) is 12.4 Å². The molecule has 2 aromatic heterocycles. The zero-order chi connectivity index (χ0) is 18.5. The van der Waals surface area contributed by atoms with Crippen LogP contribution in [-0.2, 0) is 11.3 Å². The first kappa shape index (κ1) is 17.4. The minimum absolute atomic E-state index is 0.0112. The van der Waals surface area contributed by atoms with E-state index in [1.165, 1.54) is 0 Å². The first-order valence-corrected chi connectivity index (χ1v) is 9.14. The molecule has 1 amide bonds. The van der Waals surface area contributed by atoms with Crippen LogP contribution in [0.5, 0.6) is 5.75 Å². The van der Waals surface area contributed by atoms with Crippen LogP contribution in [-0.4, -0.2) is 51.9 Å². The number of rotatable bonds is 7. The van der Waals surface area contributed by atoms with Crippen LogP contribution in [0, 0.1) is 0 Å². The quantitative estimate of drug-likeness (QED) is 0.650. The third-order valence-electron chi connectivity index (χ3n) is 4.60. The van der Waals surface area contributed by atoms with E-state index in [1.807, 2.05) is 35.0 Å². The predicted molar refractivity (Wildman–Crippen MR) is 100 cm³/mol. The van der Waals surface area contributed by atoms with Gasteiger partial charge in [0.15, 0.2) is 12.3 Å². The van der Waals surface area contributed by atoms with Gasteiger partial charge in [0.25, 0.3) is 5.91 Å². The summed E-state index contributed by atoms with van der Waals surface area (Å²) < 4.78 is 7.28. The Kier molecular flexibility index (Phi) is 5.24. The van der Waals surface area contributed by atoms with Gasteiger partial charge in [-0.05, 0) is 25.1 Å². The van der Waals surface area contributed by atoms with E-state index >= 15 is 0 Å². The third-order valence-corrected chi connectivity index (χ3v) is 4.60. The lowest BCUT2D eigenvalue weighted by Gasteiger charge is -2.08. The highest BCUT2D eigenvalue weighted by atomic mass is 16.5. The van der Waals surface area contributed by atoms with Crippen molar-refractivity contribution in [1.82, 2.24) is 30.4 Å². The molecule has 4 rings (SSSR count). The Hall–Kier alpha value is -3.00. The van der Waals surface area contributed by atoms with Crippen LogP contribution >= 0.6 is 0 Å². The SMILES string of the molecule is O=C(COc1ccccc1)NCCn1nc([C@@H]2CCNC2)c2nccnc21. The van der Waals surface area contributed by atoms with Gasteiger partial charge in [-0.15, -0.1) is 0 Å². The number of nitrogens with zero attached hydrogens (tertiary/aromatic N) is 4. The number of nitrogens with one attached hydrogen (secondary N) is 2. The first-order chi connectivity index (χ1) is 13.3. The molecule has 2 N–H and O–H groups in total. The summed E-state index contributed by atoms with van der Waals surface area (Å²) in [5.41, 5.74) is 2.60. The van der Waals surface area contributed by atoms with Gasteiger partial charge in [-0.25, -0.2) is 14.6 Å². The third kappa shape index (κ3) is 4.06. The van der Waals surface area contributed by atoms with Crippen molar-refractivity contribution in [3.05, 3.63) is 48.4 Å². The highest BCUT2D eigenvalue weighted by Crippen LogP contribution is 2.26. The van der Waals surface area contributed by atoms with Crippen LogP contribution in [0.3, 0.4) is 0 Å². The zero-order valence-electron chi connectivity index (χ0n) is 15.0. The molecule has 8 heteroatoms. The van der Waals surface area contributed by atoms with Crippen molar-refractivity contribution in [1.29, 1.82) is 0 Å². The van der Waals surface area contributed by atoms with Crippen LogP contribution in [0.1, 0.15) is 18.0 Å². The molecule has 0 spiro atoms. The second-order valence-corrected chi connectivity index (χ2v) is 6.48. The lowest BCUT2D eigenvalue weighted by Crippen LogP contribution is -2.31. The number of hydrogen-bond acceptors (Lipinski definition) is 6.